The monoisotopic (exact) mass is 368 g/mol. The number of benzene rings is 1. The second-order valence-electron chi connectivity index (χ2n) is 7.22. The number of hydrogen-bond donors (Lipinski definition) is 0. The lowest BCUT2D eigenvalue weighted by Gasteiger charge is -2.31. The van der Waals surface area contributed by atoms with Gasteiger partial charge in [-0.3, -0.25) is 4.79 Å². The summed E-state index contributed by atoms with van der Waals surface area (Å²) in [6, 6.07) is 6.47. The number of ether oxygens (including phenoxy) is 1. The van der Waals surface area contributed by atoms with Crippen LogP contribution in [0.25, 0.3) is 10.9 Å². The summed E-state index contributed by atoms with van der Waals surface area (Å²) in [5, 5.41) is 0.246. The Bertz CT molecular complexity index is 878. The molecule has 0 unspecified atom stereocenters. The predicted octanol–water partition coefficient (Wildman–Crippen LogP) is 4.14. The molecule has 1 aliphatic rings. The zero-order chi connectivity index (χ0) is 19.3. The van der Waals surface area contributed by atoms with Gasteiger partial charge in [-0.05, 0) is 26.8 Å². The Kier molecular flexibility index (Phi) is 4.24. The van der Waals surface area contributed by atoms with Gasteiger partial charge in [0.1, 0.15) is 5.60 Å². The van der Waals surface area contributed by atoms with Crippen molar-refractivity contribution in [1.82, 2.24) is 9.47 Å². The third-order valence-electron chi connectivity index (χ3n) is 4.15. The van der Waals surface area contributed by atoms with Gasteiger partial charge in [0.25, 0.3) is 5.78 Å². The molecule has 0 atom stereocenters. The Labute approximate surface area is 148 Å². The molecule has 26 heavy (non-hydrogen) atoms. The van der Waals surface area contributed by atoms with Crippen molar-refractivity contribution in [2.45, 2.75) is 45.6 Å². The quantitative estimate of drug-likeness (QED) is 0.711. The van der Waals surface area contributed by atoms with Crippen LogP contribution in [0.3, 0.4) is 0 Å². The molecule has 0 fully saturated rings. The molecule has 0 N–H and O–H groups in total. The number of amides is 1. The molecule has 0 radical (unpaired) electrons. The van der Waals surface area contributed by atoms with Crippen molar-refractivity contribution in [3.05, 3.63) is 35.5 Å². The highest BCUT2D eigenvalue weighted by Crippen LogP contribution is 2.34. The highest BCUT2D eigenvalue weighted by atomic mass is 19.4. The summed E-state index contributed by atoms with van der Waals surface area (Å²) < 4.78 is 46.4. The molecule has 0 bridgehead atoms. The summed E-state index contributed by atoms with van der Waals surface area (Å²) in [5.41, 5.74) is -0.364. The first-order valence-electron chi connectivity index (χ1n) is 8.18. The van der Waals surface area contributed by atoms with Crippen LogP contribution in [-0.4, -0.2) is 39.7 Å². The third-order valence-corrected chi connectivity index (χ3v) is 4.15. The molecule has 0 saturated heterocycles. The Balaban J connectivity index is 2.06. The van der Waals surface area contributed by atoms with E-state index in [1.54, 1.807) is 43.5 Å². The van der Waals surface area contributed by atoms with E-state index < -0.39 is 23.7 Å². The van der Waals surface area contributed by atoms with Crippen molar-refractivity contribution >= 4 is 22.8 Å². The number of carbonyl (C=O) groups excluding carboxylic acids is 2. The van der Waals surface area contributed by atoms with E-state index in [2.05, 4.69) is 0 Å². The van der Waals surface area contributed by atoms with E-state index in [0.29, 0.717) is 18.6 Å². The van der Waals surface area contributed by atoms with Gasteiger partial charge in [0.05, 0.1) is 12.1 Å². The Morgan fingerprint density at radius 3 is 2.35 bits per heavy atom. The van der Waals surface area contributed by atoms with Crippen LogP contribution in [0.15, 0.2) is 24.3 Å². The number of carbonyl (C=O) groups is 2. The lowest BCUT2D eigenvalue weighted by Crippen LogP contribution is -2.42. The van der Waals surface area contributed by atoms with Crippen molar-refractivity contribution in [1.29, 1.82) is 0 Å². The highest BCUT2D eigenvalue weighted by molar-refractivity contribution is 6.12. The van der Waals surface area contributed by atoms with Gasteiger partial charge in [0.2, 0.25) is 0 Å². The summed E-state index contributed by atoms with van der Waals surface area (Å²) in [6.07, 6.45) is -5.60. The van der Waals surface area contributed by atoms with Crippen LogP contribution in [-0.2, 0) is 17.8 Å². The van der Waals surface area contributed by atoms with Crippen molar-refractivity contribution < 1.29 is 27.5 Å². The average Bonchev–Trinajstić information content (AvgIpc) is 2.85. The average molecular weight is 368 g/mol. The molecular formula is C18H19F3N2O3. The van der Waals surface area contributed by atoms with Crippen LogP contribution in [0.4, 0.5) is 18.0 Å². The van der Waals surface area contributed by atoms with E-state index in [-0.39, 0.29) is 23.2 Å². The molecule has 1 aliphatic heterocycles. The maximum Gasteiger partial charge on any atom is 0.454 e. The SMILES string of the molecule is CC(C)(C)OC(=O)N1CCn2c(c(C(=O)C(F)(F)F)c3ccccc32)C1. The van der Waals surface area contributed by atoms with Crippen LogP contribution in [0, 0.1) is 0 Å². The fourth-order valence-corrected chi connectivity index (χ4v) is 3.13. The summed E-state index contributed by atoms with van der Waals surface area (Å²) in [7, 11) is 0. The minimum Gasteiger partial charge on any atom is -0.444 e. The molecular weight excluding hydrogens is 349 g/mol. The Morgan fingerprint density at radius 2 is 1.73 bits per heavy atom. The molecule has 5 nitrogen and oxygen atoms in total. The number of alkyl halides is 3. The molecule has 2 heterocycles. The Morgan fingerprint density at radius 1 is 1.08 bits per heavy atom. The minimum atomic E-state index is -4.99. The van der Waals surface area contributed by atoms with Crippen molar-refractivity contribution in [2.24, 2.45) is 0 Å². The van der Waals surface area contributed by atoms with Crippen molar-refractivity contribution in [2.75, 3.05) is 6.54 Å². The minimum absolute atomic E-state index is 0.110. The molecule has 0 saturated carbocycles. The fourth-order valence-electron chi connectivity index (χ4n) is 3.13. The van der Waals surface area contributed by atoms with Gasteiger partial charge < -0.3 is 14.2 Å². The number of Topliss-reactive ketones (excluding diaryl/α,β-unsaturated/α-hetero) is 1. The van der Waals surface area contributed by atoms with Crippen LogP contribution in [0.2, 0.25) is 0 Å². The van der Waals surface area contributed by atoms with E-state index >= 15 is 0 Å². The Hall–Kier alpha value is -2.51. The first kappa shape index (κ1) is 18.3. The van der Waals surface area contributed by atoms with Crippen LogP contribution >= 0.6 is 0 Å². The van der Waals surface area contributed by atoms with Crippen LogP contribution < -0.4 is 0 Å². The van der Waals surface area contributed by atoms with Gasteiger partial charge in [-0.25, -0.2) is 4.79 Å². The zero-order valence-electron chi connectivity index (χ0n) is 14.7. The smallest absolute Gasteiger partial charge is 0.444 e. The molecule has 1 amide bonds. The maximum atomic E-state index is 13.1. The summed E-state index contributed by atoms with van der Waals surface area (Å²) in [5.74, 6) is -1.89. The third kappa shape index (κ3) is 3.27. The zero-order valence-corrected chi connectivity index (χ0v) is 14.7. The number of halogens is 3. The number of hydrogen-bond acceptors (Lipinski definition) is 3. The fraction of sp³-hybridized carbons (Fsp3) is 0.444. The summed E-state index contributed by atoms with van der Waals surface area (Å²) in [6.45, 7) is 5.61. The maximum absolute atomic E-state index is 13.1. The molecule has 1 aromatic heterocycles. The summed E-state index contributed by atoms with van der Waals surface area (Å²) >= 11 is 0. The lowest BCUT2D eigenvalue weighted by atomic mass is 10.1. The van der Waals surface area contributed by atoms with Gasteiger partial charge in [-0.15, -0.1) is 0 Å². The number of ketones is 1. The van der Waals surface area contributed by atoms with E-state index in [9.17, 15) is 22.8 Å². The van der Waals surface area contributed by atoms with Gasteiger partial charge in [-0.2, -0.15) is 13.2 Å². The predicted molar refractivity (Wildman–Crippen MR) is 89.0 cm³/mol. The number of aromatic nitrogens is 1. The molecule has 0 spiro atoms. The largest absolute Gasteiger partial charge is 0.454 e. The second-order valence-corrected chi connectivity index (χ2v) is 7.22. The second kappa shape index (κ2) is 6.03. The standard InChI is InChI=1S/C18H19F3N2O3/c1-17(2,3)26-16(25)22-8-9-23-12-7-5-4-6-11(12)14(13(23)10-22)15(24)18(19,20)21/h4-7H,8-10H2,1-3H3. The topological polar surface area (TPSA) is 51.5 Å². The van der Waals surface area contributed by atoms with Crippen LogP contribution in [0.1, 0.15) is 36.8 Å². The first-order chi connectivity index (χ1) is 12.0. The molecule has 1 aromatic carbocycles. The molecule has 0 aliphatic carbocycles. The molecule has 140 valence electrons. The van der Waals surface area contributed by atoms with E-state index in [0.717, 1.165) is 0 Å². The molecule has 8 heteroatoms. The molecule has 3 rings (SSSR count). The molecule has 2 aromatic rings. The van der Waals surface area contributed by atoms with Gasteiger partial charge >= 0.3 is 12.3 Å². The number of fused-ring (bicyclic) bond motifs is 3. The first-order valence-corrected chi connectivity index (χ1v) is 8.18. The van der Waals surface area contributed by atoms with Crippen LogP contribution in [0.5, 0.6) is 0 Å². The van der Waals surface area contributed by atoms with E-state index in [1.165, 1.54) is 11.0 Å². The van der Waals surface area contributed by atoms with Gasteiger partial charge in [0.15, 0.2) is 0 Å². The lowest BCUT2D eigenvalue weighted by molar-refractivity contribution is -0.0885. The van der Waals surface area contributed by atoms with Gasteiger partial charge in [0, 0.05) is 29.7 Å². The normalized spacial score (nSPS) is 15.1. The van der Waals surface area contributed by atoms with Crippen molar-refractivity contribution in [3.63, 3.8) is 0 Å². The highest BCUT2D eigenvalue weighted by Gasteiger charge is 2.43. The number of para-hydroxylation sites is 1. The van der Waals surface area contributed by atoms with E-state index in [1.807, 2.05) is 0 Å². The van der Waals surface area contributed by atoms with Crippen molar-refractivity contribution in [3.8, 4) is 0 Å². The number of nitrogens with zero attached hydrogens (tertiary/aromatic N) is 2. The number of rotatable bonds is 1. The van der Waals surface area contributed by atoms with E-state index in [4.69, 9.17) is 4.74 Å². The van der Waals surface area contributed by atoms with Gasteiger partial charge in [-0.1, -0.05) is 18.2 Å². The summed E-state index contributed by atoms with van der Waals surface area (Å²) in [4.78, 5) is 25.7.